The highest BCUT2D eigenvalue weighted by molar-refractivity contribution is 5.68. The first-order valence-electron chi connectivity index (χ1n) is 11.2. The number of carbonyl (C=O) groups is 2. The molecule has 4 aliphatic rings. The van der Waals surface area contributed by atoms with Crippen molar-refractivity contribution in [2.45, 2.75) is 97.7 Å². The minimum Gasteiger partial charge on any atom is -0.425 e. The van der Waals surface area contributed by atoms with Crippen molar-refractivity contribution in [3.63, 3.8) is 0 Å². The second kappa shape index (κ2) is 7.08. The molecule has 4 fully saturated rings. The van der Waals surface area contributed by atoms with Crippen molar-refractivity contribution in [1.82, 2.24) is 0 Å². The van der Waals surface area contributed by atoms with E-state index in [4.69, 9.17) is 9.47 Å². The molecule has 4 aliphatic carbocycles. The summed E-state index contributed by atoms with van der Waals surface area (Å²) in [6.07, 6.45) is 13.2. The monoisotopic (exact) mass is 376 g/mol. The molecule has 0 aromatic rings. The van der Waals surface area contributed by atoms with Crippen LogP contribution < -0.4 is 0 Å². The maximum absolute atomic E-state index is 11.8. The van der Waals surface area contributed by atoms with Gasteiger partial charge in [0.1, 0.15) is 0 Å². The van der Waals surface area contributed by atoms with Gasteiger partial charge in [0.05, 0.1) is 0 Å². The van der Waals surface area contributed by atoms with Gasteiger partial charge in [0.25, 0.3) is 6.29 Å². The predicted octanol–water partition coefficient (Wildman–Crippen LogP) is 5.24. The molecular weight excluding hydrogens is 340 g/mol. The Hall–Kier alpha value is -1.06. The van der Waals surface area contributed by atoms with Gasteiger partial charge in [-0.2, -0.15) is 0 Å². The van der Waals surface area contributed by atoms with Gasteiger partial charge in [0.2, 0.25) is 0 Å². The maximum Gasteiger partial charge on any atom is 0.305 e. The average Bonchev–Trinajstić information content (AvgIpc) is 3.05. The largest absolute Gasteiger partial charge is 0.425 e. The quantitative estimate of drug-likeness (QED) is 0.499. The fraction of sp³-hybridized carbons (Fsp3) is 0.913. The summed E-state index contributed by atoms with van der Waals surface area (Å²) in [7, 11) is 0. The van der Waals surface area contributed by atoms with Crippen LogP contribution in [0.5, 0.6) is 0 Å². The number of esters is 2. The summed E-state index contributed by atoms with van der Waals surface area (Å²) in [4.78, 5) is 23.5. The van der Waals surface area contributed by atoms with Crippen molar-refractivity contribution in [2.75, 3.05) is 0 Å². The lowest BCUT2D eigenvalue weighted by molar-refractivity contribution is -0.235. The van der Waals surface area contributed by atoms with E-state index in [-0.39, 0.29) is 17.4 Å². The summed E-state index contributed by atoms with van der Waals surface area (Å²) in [6.45, 7) is 5.43. The molecular formula is C23H36O4. The predicted molar refractivity (Wildman–Crippen MR) is 103 cm³/mol. The molecule has 0 aromatic carbocycles. The molecule has 0 spiro atoms. The summed E-state index contributed by atoms with van der Waals surface area (Å²) in [5.41, 5.74) is 0.338. The van der Waals surface area contributed by atoms with E-state index in [1.807, 2.05) is 0 Å². The SMILES string of the molecule is CC(=O)OC(OC(C)=O)[C@@]12CCC[C@H]1[C@@H]1CC[C@H]3CCCC[C@]3(C)[C@H]1CC2. The summed E-state index contributed by atoms with van der Waals surface area (Å²) in [6, 6.07) is 0. The summed E-state index contributed by atoms with van der Waals surface area (Å²) >= 11 is 0. The smallest absolute Gasteiger partial charge is 0.305 e. The highest BCUT2D eigenvalue weighted by atomic mass is 16.7. The van der Waals surface area contributed by atoms with Gasteiger partial charge >= 0.3 is 11.9 Å². The molecule has 6 atom stereocenters. The zero-order chi connectivity index (χ0) is 19.2. The number of ether oxygens (including phenoxy) is 2. The van der Waals surface area contributed by atoms with Gasteiger partial charge in [0, 0.05) is 19.3 Å². The second-order valence-electron chi connectivity index (χ2n) is 10.1. The molecule has 0 heterocycles. The fourth-order valence-electron chi connectivity index (χ4n) is 7.97. The average molecular weight is 377 g/mol. The molecule has 0 aliphatic heterocycles. The number of fused-ring (bicyclic) bond motifs is 5. The third-order valence-electron chi connectivity index (χ3n) is 9.01. The molecule has 4 rings (SSSR count). The van der Waals surface area contributed by atoms with E-state index < -0.39 is 6.29 Å². The summed E-state index contributed by atoms with van der Waals surface area (Å²) in [5, 5.41) is 0. The van der Waals surface area contributed by atoms with E-state index in [0.717, 1.165) is 31.1 Å². The zero-order valence-corrected chi connectivity index (χ0v) is 17.3. The molecule has 4 saturated carbocycles. The Kier molecular flexibility index (Phi) is 5.05. The molecule has 0 bridgehead atoms. The Balaban J connectivity index is 1.63. The lowest BCUT2D eigenvalue weighted by Crippen LogP contribution is -2.56. The number of carbonyl (C=O) groups excluding carboxylic acids is 2. The van der Waals surface area contributed by atoms with Crippen molar-refractivity contribution in [2.24, 2.45) is 34.5 Å². The minimum atomic E-state index is -0.696. The van der Waals surface area contributed by atoms with Crippen molar-refractivity contribution in [3.8, 4) is 0 Å². The van der Waals surface area contributed by atoms with Crippen molar-refractivity contribution >= 4 is 11.9 Å². The highest BCUT2D eigenvalue weighted by Gasteiger charge is 2.62. The first-order chi connectivity index (χ1) is 12.9. The lowest BCUT2D eigenvalue weighted by Gasteiger charge is -2.60. The van der Waals surface area contributed by atoms with Crippen molar-refractivity contribution in [3.05, 3.63) is 0 Å². The van der Waals surface area contributed by atoms with Gasteiger partial charge in [-0.25, -0.2) is 0 Å². The van der Waals surface area contributed by atoms with Crippen LogP contribution in [0.25, 0.3) is 0 Å². The molecule has 4 nitrogen and oxygen atoms in total. The zero-order valence-electron chi connectivity index (χ0n) is 17.3. The number of rotatable bonds is 3. The normalized spacial score (nSPS) is 43.4. The van der Waals surface area contributed by atoms with Gasteiger partial charge < -0.3 is 9.47 Å². The van der Waals surface area contributed by atoms with Crippen LogP contribution in [0.2, 0.25) is 0 Å². The Labute approximate surface area is 163 Å². The lowest BCUT2D eigenvalue weighted by atomic mass is 9.45. The Morgan fingerprint density at radius 2 is 1.56 bits per heavy atom. The van der Waals surface area contributed by atoms with Crippen molar-refractivity contribution < 1.29 is 19.1 Å². The molecule has 4 heteroatoms. The van der Waals surface area contributed by atoms with Gasteiger partial charge in [-0.3, -0.25) is 9.59 Å². The summed E-state index contributed by atoms with van der Waals surface area (Å²) < 4.78 is 11.3. The molecule has 0 amide bonds. The van der Waals surface area contributed by atoms with Crippen LogP contribution in [0.1, 0.15) is 91.4 Å². The van der Waals surface area contributed by atoms with E-state index in [1.54, 1.807) is 0 Å². The van der Waals surface area contributed by atoms with Crippen LogP contribution in [0.4, 0.5) is 0 Å². The van der Waals surface area contributed by atoms with Crippen LogP contribution in [-0.4, -0.2) is 18.2 Å². The Morgan fingerprint density at radius 1 is 0.815 bits per heavy atom. The number of hydrogen-bond acceptors (Lipinski definition) is 4. The highest BCUT2D eigenvalue weighted by Crippen LogP contribution is 2.67. The molecule has 152 valence electrons. The van der Waals surface area contributed by atoms with E-state index in [9.17, 15) is 9.59 Å². The maximum atomic E-state index is 11.8. The topological polar surface area (TPSA) is 52.6 Å². The number of hydrogen-bond donors (Lipinski definition) is 0. The first kappa shape index (κ1) is 19.3. The second-order valence-corrected chi connectivity index (χ2v) is 10.1. The van der Waals surface area contributed by atoms with Gasteiger partial charge in [-0.05, 0) is 80.5 Å². The van der Waals surface area contributed by atoms with E-state index in [1.165, 1.54) is 65.2 Å². The van der Waals surface area contributed by atoms with E-state index in [0.29, 0.717) is 17.3 Å². The van der Waals surface area contributed by atoms with Crippen LogP contribution in [-0.2, 0) is 19.1 Å². The molecule has 0 radical (unpaired) electrons. The molecule has 27 heavy (non-hydrogen) atoms. The summed E-state index contributed by atoms with van der Waals surface area (Å²) in [5.74, 6) is 2.24. The van der Waals surface area contributed by atoms with E-state index in [2.05, 4.69) is 6.92 Å². The van der Waals surface area contributed by atoms with Gasteiger partial charge in [0.15, 0.2) is 0 Å². The molecule has 0 unspecified atom stereocenters. The van der Waals surface area contributed by atoms with Crippen LogP contribution in [0, 0.1) is 34.5 Å². The van der Waals surface area contributed by atoms with Crippen LogP contribution in [0.3, 0.4) is 0 Å². The Morgan fingerprint density at radius 3 is 2.26 bits per heavy atom. The standard InChI is InChI=1S/C23H36O4/c1-15(24)26-21(27-16(2)25)23-13-6-8-20(23)18-10-9-17-7-4-5-12-22(17,3)19(18)11-14-23/h17-21H,4-14H2,1-3H3/t17-,18-,19+,20+,22+,23-/m1/s1. The van der Waals surface area contributed by atoms with Gasteiger partial charge in [-0.15, -0.1) is 0 Å². The molecule has 0 N–H and O–H groups in total. The van der Waals surface area contributed by atoms with Crippen LogP contribution in [0.15, 0.2) is 0 Å². The first-order valence-corrected chi connectivity index (χ1v) is 11.2. The third-order valence-corrected chi connectivity index (χ3v) is 9.01. The minimum absolute atomic E-state index is 0.156. The molecule has 0 saturated heterocycles. The van der Waals surface area contributed by atoms with Crippen molar-refractivity contribution in [1.29, 1.82) is 0 Å². The van der Waals surface area contributed by atoms with Crippen LogP contribution >= 0.6 is 0 Å². The fourth-order valence-corrected chi connectivity index (χ4v) is 7.97. The van der Waals surface area contributed by atoms with Gasteiger partial charge in [-0.1, -0.05) is 26.2 Å². The Bertz CT molecular complexity index is 585. The molecule has 0 aromatic heterocycles. The third kappa shape index (κ3) is 3.11. The van der Waals surface area contributed by atoms with E-state index >= 15 is 0 Å².